The van der Waals surface area contributed by atoms with Crippen molar-refractivity contribution in [2.24, 2.45) is 0 Å². The largest absolute Gasteiger partial charge is 0.491 e. The number of ether oxygens (including phenoxy) is 1. The van der Waals surface area contributed by atoms with Gasteiger partial charge in [0.15, 0.2) is 0 Å². The first-order valence-electron chi connectivity index (χ1n) is 8.96. The Morgan fingerprint density at radius 1 is 1.07 bits per heavy atom. The van der Waals surface area contributed by atoms with Crippen LogP contribution in [-0.2, 0) is 11.3 Å². The second kappa shape index (κ2) is 8.90. The van der Waals surface area contributed by atoms with E-state index in [1.807, 2.05) is 74.5 Å². The standard InChI is InChI=1S/C23H23NO3/c1-17(2)27-21-11-6-8-18(14-21)16-24-23(25)22(15-20-12-7-13-26-20)19-9-4-3-5-10-19/h3-15,17H,16H2,1-2H3,(H,24,25)/b22-15+. The molecular weight excluding hydrogens is 338 g/mol. The molecule has 0 radical (unpaired) electrons. The van der Waals surface area contributed by atoms with Gasteiger partial charge in [-0.1, -0.05) is 42.5 Å². The minimum absolute atomic E-state index is 0.107. The average molecular weight is 361 g/mol. The maximum absolute atomic E-state index is 12.9. The van der Waals surface area contributed by atoms with Gasteiger partial charge in [0.05, 0.1) is 17.9 Å². The molecule has 1 aromatic heterocycles. The molecule has 138 valence electrons. The lowest BCUT2D eigenvalue weighted by Crippen LogP contribution is -2.23. The van der Waals surface area contributed by atoms with Crippen molar-refractivity contribution in [3.05, 3.63) is 89.9 Å². The summed E-state index contributed by atoms with van der Waals surface area (Å²) < 4.78 is 11.1. The normalized spacial score (nSPS) is 11.4. The number of carbonyl (C=O) groups is 1. The zero-order valence-electron chi connectivity index (χ0n) is 15.5. The lowest BCUT2D eigenvalue weighted by molar-refractivity contribution is -0.115. The smallest absolute Gasteiger partial charge is 0.252 e. The van der Waals surface area contributed by atoms with Gasteiger partial charge >= 0.3 is 0 Å². The van der Waals surface area contributed by atoms with Gasteiger partial charge in [-0.3, -0.25) is 4.79 Å². The van der Waals surface area contributed by atoms with Crippen LogP contribution in [0.1, 0.15) is 30.7 Å². The highest BCUT2D eigenvalue weighted by molar-refractivity contribution is 6.23. The van der Waals surface area contributed by atoms with Crippen molar-refractivity contribution in [2.45, 2.75) is 26.5 Å². The number of carbonyl (C=O) groups excluding carboxylic acids is 1. The van der Waals surface area contributed by atoms with Crippen LogP contribution in [0.25, 0.3) is 11.6 Å². The summed E-state index contributed by atoms with van der Waals surface area (Å²) in [5, 5.41) is 2.99. The first kappa shape index (κ1) is 18.5. The first-order chi connectivity index (χ1) is 13.1. The summed E-state index contributed by atoms with van der Waals surface area (Å²) in [6.45, 7) is 4.39. The topological polar surface area (TPSA) is 51.5 Å². The molecule has 2 aromatic carbocycles. The molecule has 0 atom stereocenters. The third-order valence-corrected chi connectivity index (χ3v) is 3.88. The van der Waals surface area contributed by atoms with Crippen molar-refractivity contribution in [3.8, 4) is 5.75 Å². The fourth-order valence-corrected chi connectivity index (χ4v) is 2.69. The third-order valence-electron chi connectivity index (χ3n) is 3.88. The van der Waals surface area contributed by atoms with Crippen molar-refractivity contribution < 1.29 is 13.9 Å². The predicted octanol–water partition coefficient (Wildman–Crippen LogP) is 4.92. The molecule has 0 aliphatic carbocycles. The molecule has 0 fully saturated rings. The molecule has 0 aliphatic heterocycles. The predicted molar refractivity (Wildman–Crippen MR) is 107 cm³/mol. The van der Waals surface area contributed by atoms with Gasteiger partial charge in [0.2, 0.25) is 0 Å². The van der Waals surface area contributed by atoms with Crippen molar-refractivity contribution in [1.29, 1.82) is 0 Å². The minimum atomic E-state index is -0.159. The number of rotatable bonds is 7. The zero-order chi connectivity index (χ0) is 19.1. The summed E-state index contributed by atoms with van der Waals surface area (Å²) in [7, 11) is 0. The van der Waals surface area contributed by atoms with Gasteiger partial charge in [-0.05, 0) is 55.3 Å². The molecule has 0 saturated heterocycles. The van der Waals surface area contributed by atoms with Crippen LogP contribution in [0, 0.1) is 0 Å². The van der Waals surface area contributed by atoms with Gasteiger partial charge in [-0.25, -0.2) is 0 Å². The highest BCUT2D eigenvalue weighted by Crippen LogP contribution is 2.20. The molecule has 1 N–H and O–H groups in total. The van der Waals surface area contributed by atoms with Crippen molar-refractivity contribution in [2.75, 3.05) is 0 Å². The molecule has 0 bridgehead atoms. The summed E-state index contributed by atoms with van der Waals surface area (Å²) in [5.74, 6) is 1.27. The first-order valence-corrected chi connectivity index (χ1v) is 8.96. The molecule has 4 heteroatoms. The van der Waals surface area contributed by atoms with Gasteiger partial charge in [-0.15, -0.1) is 0 Å². The van der Waals surface area contributed by atoms with Gasteiger partial charge in [-0.2, -0.15) is 0 Å². The molecule has 0 unspecified atom stereocenters. The number of hydrogen-bond acceptors (Lipinski definition) is 3. The highest BCUT2D eigenvalue weighted by Gasteiger charge is 2.13. The Balaban J connectivity index is 1.76. The zero-order valence-corrected chi connectivity index (χ0v) is 15.5. The van der Waals surface area contributed by atoms with E-state index >= 15 is 0 Å². The molecule has 1 amide bonds. The molecule has 0 spiro atoms. The van der Waals surface area contributed by atoms with Gasteiger partial charge in [0.25, 0.3) is 5.91 Å². The van der Waals surface area contributed by atoms with E-state index in [0.717, 1.165) is 16.9 Å². The van der Waals surface area contributed by atoms with Crippen LogP contribution in [0.15, 0.2) is 77.4 Å². The van der Waals surface area contributed by atoms with E-state index in [2.05, 4.69) is 5.32 Å². The van der Waals surface area contributed by atoms with Gasteiger partial charge in [0.1, 0.15) is 11.5 Å². The Morgan fingerprint density at radius 2 is 1.89 bits per heavy atom. The van der Waals surface area contributed by atoms with Crippen LogP contribution in [0.2, 0.25) is 0 Å². The molecule has 0 saturated carbocycles. The fourth-order valence-electron chi connectivity index (χ4n) is 2.69. The number of benzene rings is 2. The summed E-state index contributed by atoms with van der Waals surface area (Å²) in [6.07, 6.45) is 3.45. The van der Waals surface area contributed by atoms with E-state index in [4.69, 9.17) is 9.15 Å². The second-order valence-electron chi connectivity index (χ2n) is 6.44. The van der Waals surface area contributed by atoms with E-state index in [9.17, 15) is 4.79 Å². The van der Waals surface area contributed by atoms with Crippen LogP contribution < -0.4 is 10.1 Å². The molecule has 3 rings (SSSR count). The van der Waals surface area contributed by atoms with E-state index in [1.54, 1.807) is 18.4 Å². The molecule has 0 aliphatic rings. The fraction of sp³-hybridized carbons (Fsp3) is 0.174. The lowest BCUT2D eigenvalue weighted by Gasteiger charge is -2.12. The van der Waals surface area contributed by atoms with E-state index in [0.29, 0.717) is 17.9 Å². The Morgan fingerprint density at radius 3 is 2.59 bits per heavy atom. The van der Waals surface area contributed by atoms with Crippen LogP contribution in [0.3, 0.4) is 0 Å². The second-order valence-corrected chi connectivity index (χ2v) is 6.44. The number of hydrogen-bond donors (Lipinski definition) is 1. The number of furan rings is 1. The molecular formula is C23H23NO3. The molecule has 27 heavy (non-hydrogen) atoms. The number of nitrogens with one attached hydrogen (secondary N) is 1. The summed E-state index contributed by atoms with van der Waals surface area (Å²) in [4.78, 5) is 12.9. The van der Waals surface area contributed by atoms with Gasteiger partial charge < -0.3 is 14.5 Å². The lowest BCUT2D eigenvalue weighted by atomic mass is 10.0. The van der Waals surface area contributed by atoms with Crippen molar-refractivity contribution >= 4 is 17.6 Å². The molecule has 3 aromatic rings. The van der Waals surface area contributed by atoms with E-state index in [1.165, 1.54) is 0 Å². The Labute approximate surface area is 159 Å². The highest BCUT2D eigenvalue weighted by atomic mass is 16.5. The Bertz CT molecular complexity index is 896. The quantitative estimate of drug-likeness (QED) is 0.608. The Kier molecular flexibility index (Phi) is 6.10. The van der Waals surface area contributed by atoms with Crippen molar-refractivity contribution in [3.63, 3.8) is 0 Å². The minimum Gasteiger partial charge on any atom is -0.491 e. The average Bonchev–Trinajstić information content (AvgIpc) is 3.18. The monoisotopic (exact) mass is 361 g/mol. The number of amides is 1. The third kappa shape index (κ3) is 5.35. The van der Waals surface area contributed by atoms with Crippen molar-refractivity contribution in [1.82, 2.24) is 5.32 Å². The van der Waals surface area contributed by atoms with E-state index < -0.39 is 0 Å². The van der Waals surface area contributed by atoms with E-state index in [-0.39, 0.29) is 12.0 Å². The molecule has 4 nitrogen and oxygen atoms in total. The van der Waals surface area contributed by atoms with Crippen LogP contribution >= 0.6 is 0 Å². The Hall–Kier alpha value is -3.27. The molecule has 1 heterocycles. The summed E-state index contributed by atoms with van der Waals surface area (Å²) >= 11 is 0. The van der Waals surface area contributed by atoms with Crippen LogP contribution in [-0.4, -0.2) is 12.0 Å². The maximum atomic E-state index is 12.9. The van der Waals surface area contributed by atoms with Gasteiger partial charge in [0, 0.05) is 6.54 Å². The van der Waals surface area contributed by atoms with Crippen LogP contribution in [0.4, 0.5) is 0 Å². The van der Waals surface area contributed by atoms with Crippen LogP contribution in [0.5, 0.6) is 5.75 Å². The summed E-state index contributed by atoms with van der Waals surface area (Å²) in [5.41, 5.74) is 2.37. The maximum Gasteiger partial charge on any atom is 0.252 e. The summed E-state index contributed by atoms with van der Waals surface area (Å²) in [6, 6.07) is 20.9. The SMILES string of the molecule is CC(C)Oc1cccc(CNC(=O)/C(=C/c2ccco2)c2ccccc2)c1.